The van der Waals surface area contributed by atoms with Gasteiger partial charge in [-0.1, -0.05) is 5.92 Å². The van der Waals surface area contributed by atoms with E-state index in [0.717, 1.165) is 0 Å². The summed E-state index contributed by atoms with van der Waals surface area (Å²) in [4.78, 5) is 10.5. The SMILES string of the molecule is C#CCNC(=O)COI. The summed E-state index contributed by atoms with van der Waals surface area (Å²) in [7, 11) is 0. The van der Waals surface area contributed by atoms with Crippen LogP contribution in [0.4, 0.5) is 0 Å². The van der Waals surface area contributed by atoms with Crippen molar-refractivity contribution in [3.63, 3.8) is 0 Å². The van der Waals surface area contributed by atoms with Gasteiger partial charge in [-0.15, -0.1) is 6.42 Å². The Bertz CT molecular complexity index is 129. The van der Waals surface area contributed by atoms with Gasteiger partial charge < -0.3 is 8.38 Å². The number of terminal acetylenes is 1. The molecule has 0 aromatic carbocycles. The normalized spacial score (nSPS) is 8.00. The Morgan fingerprint density at radius 3 is 3.00 bits per heavy atom. The highest BCUT2D eigenvalue weighted by molar-refractivity contribution is 14.1. The second kappa shape index (κ2) is 5.85. The summed E-state index contributed by atoms with van der Waals surface area (Å²) in [6.07, 6.45) is 4.87. The zero-order valence-electron chi connectivity index (χ0n) is 4.69. The molecule has 4 heteroatoms. The van der Waals surface area contributed by atoms with Crippen LogP contribution in [0, 0.1) is 12.3 Å². The molecule has 0 radical (unpaired) electrons. The van der Waals surface area contributed by atoms with Crippen LogP contribution in [0.2, 0.25) is 0 Å². The Kier molecular flexibility index (Phi) is 5.67. The lowest BCUT2D eigenvalue weighted by molar-refractivity contribution is -0.122. The maximum Gasteiger partial charge on any atom is 0.247 e. The molecule has 1 N–H and O–H groups in total. The monoisotopic (exact) mass is 239 g/mol. The summed E-state index contributed by atoms with van der Waals surface area (Å²) in [5.74, 6) is 2.07. The molecule has 0 rings (SSSR count). The summed E-state index contributed by atoms with van der Waals surface area (Å²) < 4.78 is 4.49. The highest BCUT2D eigenvalue weighted by Gasteiger charge is 1.95. The molecule has 3 nitrogen and oxygen atoms in total. The van der Waals surface area contributed by atoms with Crippen molar-refractivity contribution < 1.29 is 7.86 Å². The quantitative estimate of drug-likeness (QED) is 0.560. The molecule has 0 aliphatic rings. The van der Waals surface area contributed by atoms with E-state index in [1.165, 1.54) is 0 Å². The Balaban J connectivity index is 3.19. The van der Waals surface area contributed by atoms with Gasteiger partial charge in [-0.2, -0.15) is 0 Å². The van der Waals surface area contributed by atoms with Gasteiger partial charge >= 0.3 is 0 Å². The second-order valence-electron chi connectivity index (χ2n) is 1.23. The van der Waals surface area contributed by atoms with Crippen molar-refractivity contribution in [2.75, 3.05) is 13.2 Å². The molecule has 0 unspecified atom stereocenters. The maximum atomic E-state index is 10.5. The summed E-state index contributed by atoms with van der Waals surface area (Å²) in [6, 6.07) is 0. The number of rotatable bonds is 3. The predicted molar refractivity (Wildman–Crippen MR) is 41.8 cm³/mol. The van der Waals surface area contributed by atoms with Crippen molar-refractivity contribution >= 4 is 28.9 Å². The number of hydrogen-bond donors (Lipinski definition) is 1. The van der Waals surface area contributed by atoms with Crippen LogP contribution in [0.15, 0.2) is 0 Å². The van der Waals surface area contributed by atoms with Gasteiger partial charge in [0, 0.05) is 0 Å². The minimum absolute atomic E-state index is 0.0578. The molecule has 0 bridgehead atoms. The van der Waals surface area contributed by atoms with E-state index in [-0.39, 0.29) is 19.1 Å². The van der Waals surface area contributed by atoms with Crippen molar-refractivity contribution in [2.24, 2.45) is 0 Å². The van der Waals surface area contributed by atoms with E-state index in [0.29, 0.717) is 0 Å². The van der Waals surface area contributed by atoms with Crippen LogP contribution in [0.1, 0.15) is 0 Å². The Morgan fingerprint density at radius 1 is 1.89 bits per heavy atom. The van der Waals surface area contributed by atoms with Crippen molar-refractivity contribution in [2.45, 2.75) is 0 Å². The molecular formula is C5H6INO2. The van der Waals surface area contributed by atoms with E-state index in [9.17, 15) is 4.79 Å². The molecule has 0 saturated carbocycles. The Labute approximate surface area is 67.8 Å². The largest absolute Gasteiger partial charge is 0.343 e. The highest BCUT2D eigenvalue weighted by atomic mass is 127. The predicted octanol–water partition coefficient (Wildman–Crippen LogP) is 0.102. The fourth-order valence-corrected chi connectivity index (χ4v) is 0.533. The van der Waals surface area contributed by atoms with Gasteiger partial charge in [-0.3, -0.25) is 4.79 Å². The average Bonchev–Trinajstić information content (AvgIpc) is 1.85. The molecule has 0 aromatic rings. The molecule has 9 heavy (non-hydrogen) atoms. The third-order valence-corrected chi connectivity index (χ3v) is 0.885. The summed E-state index contributed by atoms with van der Waals surface area (Å²) in [5.41, 5.74) is 0. The standard InChI is InChI=1S/C5H6INO2/c1-2-3-7-5(8)4-9-6/h1H,3-4H2,(H,7,8). The van der Waals surface area contributed by atoms with E-state index in [1.54, 1.807) is 23.0 Å². The van der Waals surface area contributed by atoms with Crippen LogP contribution < -0.4 is 5.32 Å². The zero-order valence-corrected chi connectivity index (χ0v) is 6.84. The lowest BCUT2D eigenvalue weighted by Gasteiger charge is -1.95. The van der Waals surface area contributed by atoms with Gasteiger partial charge in [-0.05, 0) is 0 Å². The Hall–Kier alpha value is -0.280. The van der Waals surface area contributed by atoms with E-state index >= 15 is 0 Å². The van der Waals surface area contributed by atoms with Crippen molar-refractivity contribution in [3.8, 4) is 12.3 Å². The minimum Gasteiger partial charge on any atom is -0.343 e. The molecule has 0 aromatic heterocycles. The Morgan fingerprint density at radius 2 is 2.56 bits per heavy atom. The number of halogens is 1. The van der Waals surface area contributed by atoms with Crippen LogP contribution >= 0.6 is 23.0 Å². The van der Waals surface area contributed by atoms with Gasteiger partial charge in [-0.25, -0.2) is 0 Å². The number of amides is 1. The van der Waals surface area contributed by atoms with Gasteiger partial charge in [0.15, 0.2) is 0 Å². The molecule has 0 aliphatic carbocycles. The molecule has 0 atom stereocenters. The number of carbonyl (C=O) groups excluding carboxylic acids is 1. The topological polar surface area (TPSA) is 38.3 Å². The maximum absolute atomic E-state index is 10.5. The van der Waals surface area contributed by atoms with Crippen molar-refractivity contribution in [3.05, 3.63) is 0 Å². The molecule has 0 heterocycles. The van der Waals surface area contributed by atoms with Gasteiger partial charge in [0.2, 0.25) is 5.91 Å². The van der Waals surface area contributed by atoms with Gasteiger partial charge in [0.25, 0.3) is 0 Å². The summed E-state index contributed by atoms with van der Waals surface area (Å²) in [5, 5.41) is 2.43. The smallest absolute Gasteiger partial charge is 0.247 e. The first-order valence-corrected chi connectivity index (χ1v) is 3.13. The van der Waals surface area contributed by atoms with Crippen LogP contribution in [0.5, 0.6) is 0 Å². The molecule has 0 aliphatic heterocycles. The van der Waals surface area contributed by atoms with E-state index in [1.807, 2.05) is 0 Å². The molecule has 50 valence electrons. The zero-order chi connectivity index (χ0) is 7.11. The molecule has 1 amide bonds. The van der Waals surface area contributed by atoms with Crippen LogP contribution in [0.3, 0.4) is 0 Å². The number of hydrogen-bond acceptors (Lipinski definition) is 2. The van der Waals surface area contributed by atoms with E-state index in [2.05, 4.69) is 14.3 Å². The average molecular weight is 239 g/mol. The third kappa shape index (κ3) is 5.59. The lowest BCUT2D eigenvalue weighted by atomic mass is 10.6. The van der Waals surface area contributed by atoms with Gasteiger partial charge in [0.1, 0.15) is 29.6 Å². The third-order valence-electron chi connectivity index (χ3n) is 0.573. The first-order valence-electron chi connectivity index (χ1n) is 2.25. The van der Waals surface area contributed by atoms with Crippen molar-refractivity contribution in [1.82, 2.24) is 5.32 Å². The van der Waals surface area contributed by atoms with Crippen LogP contribution in [-0.4, -0.2) is 19.1 Å². The van der Waals surface area contributed by atoms with Crippen molar-refractivity contribution in [1.29, 1.82) is 0 Å². The molecule has 0 saturated heterocycles. The van der Waals surface area contributed by atoms with E-state index in [4.69, 9.17) is 6.42 Å². The van der Waals surface area contributed by atoms with Crippen LogP contribution in [0.25, 0.3) is 0 Å². The fraction of sp³-hybridized carbons (Fsp3) is 0.400. The second-order valence-corrected chi connectivity index (χ2v) is 1.86. The van der Waals surface area contributed by atoms with Gasteiger partial charge in [0.05, 0.1) is 6.54 Å². The number of carbonyl (C=O) groups is 1. The fourth-order valence-electron chi connectivity index (χ4n) is 0.250. The minimum atomic E-state index is -0.192. The highest BCUT2D eigenvalue weighted by Crippen LogP contribution is 1.82. The lowest BCUT2D eigenvalue weighted by Crippen LogP contribution is -2.26. The molecule has 0 spiro atoms. The number of nitrogens with one attached hydrogen (secondary N) is 1. The first kappa shape index (κ1) is 8.72. The molecule has 0 fully saturated rings. The molecular weight excluding hydrogens is 233 g/mol. The van der Waals surface area contributed by atoms with E-state index < -0.39 is 0 Å². The summed E-state index contributed by atoms with van der Waals surface area (Å²) in [6.45, 7) is 0.321. The first-order chi connectivity index (χ1) is 4.31. The van der Waals surface area contributed by atoms with Crippen LogP contribution in [-0.2, 0) is 7.86 Å². The summed E-state index contributed by atoms with van der Waals surface area (Å²) >= 11 is 1.64.